The maximum atomic E-state index is 11.7. The molecule has 0 radical (unpaired) electrons. The van der Waals surface area contributed by atoms with Gasteiger partial charge in [0.25, 0.3) is 5.88 Å². The Bertz CT molecular complexity index is 1370. The van der Waals surface area contributed by atoms with Crippen LogP contribution in [-0.4, -0.2) is 52.2 Å². The minimum Gasteiger partial charge on any atom is -0.497 e. The van der Waals surface area contributed by atoms with Gasteiger partial charge >= 0.3 is 5.97 Å². The molecule has 0 saturated carbocycles. The zero-order chi connectivity index (χ0) is 26.2. The molecule has 0 aliphatic rings. The summed E-state index contributed by atoms with van der Waals surface area (Å²) in [5.74, 6) is 0.533. The zero-order valence-corrected chi connectivity index (χ0v) is 20.4. The van der Waals surface area contributed by atoms with Gasteiger partial charge < -0.3 is 24.6 Å². The number of carboxylic acid groups (broad SMARTS) is 1. The number of aromatic carboxylic acids is 1. The molecule has 4 aromatic rings. The van der Waals surface area contributed by atoms with Crippen molar-refractivity contribution in [3.05, 3.63) is 84.1 Å². The molecule has 10 heteroatoms. The van der Waals surface area contributed by atoms with Crippen LogP contribution in [0.4, 0.5) is 0 Å². The summed E-state index contributed by atoms with van der Waals surface area (Å²) in [6, 6.07) is 22.1. The second kappa shape index (κ2) is 11.7. The number of carboxylic acids is 1. The van der Waals surface area contributed by atoms with Gasteiger partial charge in [-0.2, -0.15) is 0 Å². The summed E-state index contributed by atoms with van der Waals surface area (Å²) in [5.41, 5.74) is 2.45. The third kappa shape index (κ3) is 6.63. The summed E-state index contributed by atoms with van der Waals surface area (Å²) in [6.45, 7) is 2.52. The number of nitrogens with one attached hydrogen (secondary N) is 1. The van der Waals surface area contributed by atoms with Crippen molar-refractivity contribution in [3.63, 3.8) is 0 Å². The van der Waals surface area contributed by atoms with Crippen molar-refractivity contribution in [1.29, 1.82) is 0 Å². The van der Waals surface area contributed by atoms with Crippen LogP contribution in [0.2, 0.25) is 0 Å². The number of aromatic nitrogens is 3. The highest BCUT2D eigenvalue weighted by Gasteiger charge is 2.22. The lowest BCUT2D eigenvalue weighted by molar-refractivity contribution is -0.119. The molecule has 190 valence electrons. The van der Waals surface area contributed by atoms with E-state index in [4.69, 9.17) is 14.2 Å². The highest BCUT2D eigenvalue weighted by Crippen LogP contribution is 2.29. The Kier molecular flexibility index (Phi) is 7.99. The molecule has 3 aromatic carbocycles. The molecule has 0 aliphatic heterocycles. The topological polar surface area (TPSA) is 125 Å². The van der Waals surface area contributed by atoms with E-state index < -0.39 is 5.97 Å². The average molecular weight is 503 g/mol. The first-order chi connectivity index (χ1) is 17.9. The van der Waals surface area contributed by atoms with Gasteiger partial charge in [-0.15, -0.1) is 5.10 Å². The number of hydrogen-bond donors (Lipinski definition) is 2. The van der Waals surface area contributed by atoms with Crippen LogP contribution in [0.3, 0.4) is 0 Å². The molecule has 2 N–H and O–H groups in total. The van der Waals surface area contributed by atoms with Gasteiger partial charge in [0, 0.05) is 6.92 Å². The average Bonchev–Trinajstić information content (AvgIpc) is 3.29. The van der Waals surface area contributed by atoms with Crippen molar-refractivity contribution >= 4 is 11.9 Å². The van der Waals surface area contributed by atoms with E-state index in [-0.39, 0.29) is 24.0 Å². The molecule has 4 rings (SSSR count). The Morgan fingerprint density at radius 2 is 1.68 bits per heavy atom. The van der Waals surface area contributed by atoms with Gasteiger partial charge in [0.05, 0.1) is 20.2 Å². The van der Waals surface area contributed by atoms with Gasteiger partial charge in [0.1, 0.15) is 23.9 Å². The number of carbonyl (C=O) groups is 2. The van der Waals surface area contributed by atoms with E-state index in [1.54, 1.807) is 19.2 Å². The van der Waals surface area contributed by atoms with Crippen LogP contribution < -0.4 is 19.5 Å². The van der Waals surface area contributed by atoms with Gasteiger partial charge in [-0.05, 0) is 53.1 Å². The first-order valence-electron chi connectivity index (χ1n) is 11.5. The van der Waals surface area contributed by atoms with Crippen molar-refractivity contribution in [1.82, 2.24) is 20.3 Å². The molecule has 0 saturated heterocycles. The molecule has 37 heavy (non-hydrogen) atoms. The van der Waals surface area contributed by atoms with Crippen LogP contribution in [0.25, 0.3) is 11.1 Å². The van der Waals surface area contributed by atoms with Gasteiger partial charge in [0.15, 0.2) is 0 Å². The second-order valence-electron chi connectivity index (χ2n) is 8.04. The van der Waals surface area contributed by atoms with Crippen LogP contribution in [0.5, 0.6) is 23.1 Å². The number of hydrogen-bond acceptors (Lipinski definition) is 7. The summed E-state index contributed by atoms with van der Waals surface area (Å²) < 4.78 is 18.2. The molecule has 0 aliphatic carbocycles. The Morgan fingerprint density at radius 3 is 2.35 bits per heavy atom. The Morgan fingerprint density at radius 1 is 0.946 bits per heavy atom. The summed E-state index contributed by atoms with van der Waals surface area (Å²) >= 11 is 0. The van der Waals surface area contributed by atoms with Crippen molar-refractivity contribution < 1.29 is 28.9 Å². The molecule has 1 amide bonds. The van der Waals surface area contributed by atoms with E-state index in [1.165, 1.54) is 11.6 Å². The molecule has 0 spiro atoms. The first kappa shape index (κ1) is 25.2. The van der Waals surface area contributed by atoms with E-state index in [0.29, 0.717) is 30.4 Å². The molecular weight excluding hydrogens is 476 g/mol. The third-order valence-corrected chi connectivity index (χ3v) is 5.36. The summed E-state index contributed by atoms with van der Waals surface area (Å²) in [6.07, 6.45) is 0. The molecule has 0 fully saturated rings. The second-order valence-corrected chi connectivity index (χ2v) is 8.04. The fraction of sp³-hybridized carbons (Fsp3) is 0.185. The van der Waals surface area contributed by atoms with E-state index >= 15 is 0 Å². The number of carbonyl (C=O) groups excluding carboxylic acids is 1. The van der Waals surface area contributed by atoms with E-state index in [2.05, 4.69) is 15.6 Å². The number of amides is 1. The summed E-state index contributed by atoms with van der Waals surface area (Å²) in [7, 11) is 1.59. The minimum atomic E-state index is -1.23. The third-order valence-electron chi connectivity index (χ3n) is 5.36. The molecule has 1 heterocycles. The number of benzene rings is 3. The minimum absolute atomic E-state index is 0.0330. The van der Waals surface area contributed by atoms with Gasteiger partial charge in [-0.3, -0.25) is 4.79 Å². The lowest BCUT2D eigenvalue weighted by Crippen LogP contribution is -2.25. The molecule has 0 bridgehead atoms. The number of nitrogens with zero attached hydrogens (tertiary/aromatic N) is 3. The predicted molar refractivity (Wildman–Crippen MR) is 135 cm³/mol. The maximum absolute atomic E-state index is 11.7. The highest BCUT2D eigenvalue weighted by molar-refractivity contribution is 5.87. The molecule has 1 aromatic heterocycles. The first-order valence-corrected chi connectivity index (χ1v) is 11.5. The SMILES string of the molecule is COc1ccc(Cn2nnc(C(=O)O)c2Oc2ccc(-c3cccc(OCCNC(C)=O)c3)cc2)cc1. The van der Waals surface area contributed by atoms with Crippen LogP contribution in [0, 0.1) is 0 Å². The normalized spacial score (nSPS) is 10.5. The number of ether oxygens (including phenoxy) is 3. The van der Waals surface area contributed by atoms with E-state index in [0.717, 1.165) is 16.7 Å². The molecule has 0 atom stereocenters. The van der Waals surface area contributed by atoms with E-state index in [9.17, 15) is 14.7 Å². The van der Waals surface area contributed by atoms with Crippen LogP contribution >= 0.6 is 0 Å². The van der Waals surface area contributed by atoms with Gasteiger partial charge in [-0.1, -0.05) is 41.6 Å². The predicted octanol–water partition coefficient (Wildman–Crippen LogP) is 4.01. The molecule has 0 unspecified atom stereocenters. The highest BCUT2D eigenvalue weighted by atomic mass is 16.5. The van der Waals surface area contributed by atoms with Crippen molar-refractivity contribution in [3.8, 4) is 34.3 Å². The van der Waals surface area contributed by atoms with Gasteiger partial charge in [0.2, 0.25) is 11.6 Å². The monoisotopic (exact) mass is 502 g/mol. The molecule has 10 nitrogen and oxygen atoms in total. The summed E-state index contributed by atoms with van der Waals surface area (Å²) in [5, 5.41) is 20.0. The lowest BCUT2D eigenvalue weighted by Gasteiger charge is -2.11. The Balaban J connectivity index is 1.48. The smallest absolute Gasteiger partial charge is 0.362 e. The zero-order valence-electron chi connectivity index (χ0n) is 20.4. The van der Waals surface area contributed by atoms with Crippen molar-refractivity contribution in [2.24, 2.45) is 0 Å². The number of rotatable bonds is 11. The standard InChI is InChI=1S/C27H26N4O6/c1-18(32)28-14-15-36-24-5-3-4-21(16-24)20-8-12-23(13-9-20)37-26-25(27(33)34)29-30-31(26)17-19-6-10-22(35-2)11-7-19/h3-13,16H,14-15,17H2,1-2H3,(H,28,32)(H,33,34). The quantitative estimate of drug-likeness (QED) is 0.295. The Labute approximate surface area is 213 Å². The fourth-order valence-corrected chi connectivity index (χ4v) is 3.54. The largest absolute Gasteiger partial charge is 0.497 e. The van der Waals surface area contributed by atoms with Crippen LogP contribution in [-0.2, 0) is 11.3 Å². The summed E-state index contributed by atoms with van der Waals surface area (Å²) in [4.78, 5) is 22.7. The van der Waals surface area contributed by atoms with Gasteiger partial charge in [-0.25, -0.2) is 9.48 Å². The van der Waals surface area contributed by atoms with Crippen LogP contribution in [0.15, 0.2) is 72.8 Å². The molecular formula is C27H26N4O6. The van der Waals surface area contributed by atoms with Crippen LogP contribution in [0.1, 0.15) is 23.0 Å². The maximum Gasteiger partial charge on any atom is 0.362 e. The Hall–Kier alpha value is -4.86. The lowest BCUT2D eigenvalue weighted by atomic mass is 10.1. The van der Waals surface area contributed by atoms with Crippen molar-refractivity contribution in [2.75, 3.05) is 20.3 Å². The van der Waals surface area contributed by atoms with Crippen molar-refractivity contribution in [2.45, 2.75) is 13.5 Å². The van der Waals surface area contributed by atoms with E-state index in [1.807, 2.05) is 60.7 Å². The fourth-order valence-electron chi connectivity index (χ4n) is 3.54. The number of methoxy groups -OCH3 is 1.